The molecule has 0 N–H and O–H groups in total. The molecule has 3 amide bonds. The molecule has 1 saturated heterocycles. The fourth-order valence-electron chi connectivity index (χ4n) is 3.71. The summed E-state index contributed by atoms with van der Waals surface area (Å²) in [4.78, 5) is 48.0. The van der Waals surface area contributed by atoms with Crippen molar-refractivity contribution in [3.8, 4) is 0 Å². The van der Waals surface area contributed by atoms with Gasteiger partial charge in [-0.3, -0.25) is 19.4 Å². The molecular formula is C19H21N5O4. The maximum Gasteiger partial charge on any atom is 0.328 e. The van der Waals surface area contributed by atoms with Crippen LogP contribution in [0.25, 0.3) is 0 Å². The molecule has 0 bridgehead atoms. The van der Waals surface area contributed by atoms with Gasteiger partial charge in [0, 0.05) is 24.6 Å². The molecule has 3 aliphatic heterocycles. The number of amides is 3. The molecule has 0 aliphatic carbocycles. The van der Waals surface area contributed by atoms with Gasteiger partial charge in [0.05, 0.1) is 7.11 Å². The Morgan fingerprint density at radius 2 is 1.86 bits per heavy atom. The third-order valence-electron chi connectivity index (χ3n) is 5.19. The number of hydrogen-bond acceptors (Lipinski definition) is 7. The van der Waals surface area contributed by atoms with Gasteiger partial charge in [0.25, 0.3) is 5.91 Å². The molecule has 0 saturated carbocycles. The minimum Gasteiger partial charge on any atom is -0.468 e. The van der Waals surface area contributed by atoms with Gasteiger partial charge in [-0.2, -0.15) is 0 Å². The SMILES string of the molecule is COC(=O)CN1C(=O)C2C(N=C3N(c4ccc(C)cc4)C(C)=CN32)N(C)C1=O. The van der Waals surface area contributed by atoms with Crippen LogP contribution < -0.4 is 4.90 Å². The Balaban J connectivity index is 1.69. The quantitative estimate of drug-likeness (QED) is 0.727. The number of imide groups is 1. The van der Waals surface area contributed by atoms with Crippen LogP contribution in [0.3, 0.4) is 0 Å². The van der Waals surface area contributed by atoms with Gasteiger partial charge in [0.1, 0.15) is 6.54 Å². The topological polar surface area (TPSA) is 85.8 Å². The number of urea groups is 1. The van der Waals surface area contributed by atoms with Crippen LogP contribution in [0.2, 0.25) is 0 Å². The first-order valence-electron chi connectivity index (χ1n) is 8.90. The Morgan fingerprint density at radius 3 is 2.50 bits per heavy atom. The number of esters is 1. The Morgan fingerprint density at radius 1 is 1.18 bits per heavy atom. The first-order chi connectivity index (χ1) is 13.3. The number of methoxy groups -OCH3 is 1. The standard InChI is InChI=1S/C19H21N5O4/c1-11-5-7-13(8-6-11)24-12(2)9-22-15-16(20-18(22)24)21(3)19(27)23(17(15)26)10-14(25)28-4/h5-9,15-16H,10H2,1-4H3. The minimum absolute atomic E-state index is 0.421. The lowest BCUT2D eigenvalue weighted by Gasteiger charge is -2.39. The predicted octanol–water partition coefficient (Wildman–Crippen LogP) is 1.11. The van der Waals surface area contributed by atoms with Crippen LogP contribution in [-0.2, 0) is 14.3 Å². The van der Waals surface area contributed by atoms with Crippen molar-refractivity contribution >= 4 is 29.6 Å². The number of carbonyl (C=O) groups excluding carboxylic acids is 3. The molecule has 9 heteroatoms. The molecule has 0 aromatic heterocycles. The van der Waals surface area contributed by atoms with Crippen molar-refractivity contribution in [3.05, 3.63) is 41.7 Å². The molecule has 1 aromatic rings. The normalized spacial score (nSPS) is 23.6. The first kappa shape index (κ1) is 18.0. The number of guanidine groups is 1. The summed E-state index contributed by atoms with van der Waals surface area (Å²) in [6, 6.07) is 6.71. The van der Waals surface area contributed by atoms with Crippen molar-refractivity contribution in [2.45, 2.75) is 26.1 Å². The van der Waals surface area contributed by atoms with Gasteiger partial charge < -0.3 is 14.5 Å². The third kappa shape index (κ3) is 2.54. The fraction of sp³-hybridized carbons (Fsp3) is 0.368. The van der Waals surface area contributed by atoms with E-state index in [0.717, 1.165) is 21.8 Å². The van der Waals surface area contributed by atoms with Gasteiger partial charge >= 0.3 is 12.0 Å². The number of fused-ring (bicyclic) bond motifs is 3. The second-order valence-corrected chi connectivity index (χ2v) is 7.03. The van der Waals surface area contributed by atoms with Crippen molar-refractivity contribution in [1.29, 1.82) is 0 Å². The van der Waals surface area contributed by atoms with E-state index < -0.39 is 36.7 Å². The molecule has 9 nitrogen and oxygen atoms in total. The maximum atomic E-state index is 13.1. The second-order valence-electron chi connectivity index (χ2n) is 7.03. The molecular weight excluding hydrogens is 362 g/mol. The van der Waals surface area contributed by atoms with Crippen LogP contribution in [0, 0.1) is 6.92 Å². The van der Waals surface area contributed by atoms with E-state index >= 15 is 0 Å². The van der Waals surface area contributed by atoms with E-state index in [0.29, 0.717) is 5.96 Å². The number of carbonyl (C=O) groups is 3. The Kier molecular flexibility index (Phi) is 4.10. The van der Waals surface area contributed by atoms with Crippen LogP contribution >= 0.6 is 0 Å². The number of aliphatic imine (C=N–C) groups is 1. The summed E-state index contributed by atoms with van der Waals surface area (Å²) in [5, 5.41) is 0. The number of anilines is 1. The van der Waals surface area contributed by atoms with Crippen molar-refractivity contribution in [2.24, 2.45) is 4.99 Å². The Hall–Kier alpha value is -3.36. The molecule has 0 spiro atoms. The van der Waals surface area contributed by atoms with E-state index in [9.17, 15) is 14.4 Å². The molecule has 2 atom stereocenters. The predicted molar refractivity (Wildman–Crippen MR) is 101 cm³/mol. The van der Waals surface area contributed by atoms with E-state index in [2.05, 4.69) is 9.73 Å². The molecule has 146 valence electrons. The maximum absolute atomic E-state index is 13.1. The summed E-state index contributed by atoms with van der Waals surface area (Å²) in [5.41, 5.74) is 2.97. The number of ether oxygens (including phenoxy) is 1. The van der Waals surface area contributed by atoms with Crippen LogP contribution in [0.4, 0.5) is 10.5 Å². The lowest BCUT2D eigenvalue weighted by molar-refractivity contribution is -0.148. The highest BCUT2D eigenvalue weighted by Crippen LogP contribution is 2.36. The number of benzene rings is 1. The largest absolute Gasteiger partial charge is 0.468 e. The van der Waals surface area contributed by atoms with E-state index in [1.165, 1.54) is 12.0 Å². The molecule has 3 heterocycles. The Labute approximate surface area is 162 Å². The van der Waals surface area contributed by atoms with Crippen LogP contribution in [0.5, 0.6) is 0 Å². The molecule has 1 aromatic carbocycles. The average molecular weight is 383 g/mol. The summed E-state index contributed by atoms with van der Waals surface area (Å²) < 4.78 is 4.62. The van der Waals surface area contributed by atoms with Crippen molar-refractivity contribution in [3.63, 3.8) is 0 Å². The number of nitrogens with zero attached hydrogens (tertiary/aromatic N) is 5. The lowest BCUT2D eigenvalue weighted by Crippen LogP contribution is -2.65. The first-order valence-corrected chi connectivity index (χ1v) is 8.90. The van der Waals surface area contributed by atoms with Gasteiger partial charge in [0.15, 0.2) is 12.2 Å². The molecule has 0 radical (unpaired) electrons. The zero-order valence-corrected chi connectivity index (χ0v) is 16.1. The molecule has 3 aliphatic rings. The van der Waals surface area contributed by atoms with E-state index in [-0.39, 0.29) is 0 Å². The third-order valence-corrected chi connectivity index (χ3v) is 5.19. The number of aryl methyl sites for hydroxylation is 1. The number of hydrogen-bond donors (Lipinski definition) is 0. The molecule has 4 rings (SSSR count). The van der Waals surface area contributed by atoms with Crippen molar-refractivity contribution in [2.75, 3.05) is 25.6 Å². The van der Waals surface area contributed by atoms with Crippen LogP contribution in [-0.4, -0.2) is 71.5 Å². The molecule has 2 unspecified atom stereocenters. The highest BCUT2D eigenvalue weighted by molar-refractivity contribution is 6.10. The zero-order valence-electron chi connectivity index (χ0n) is 16.1. The smallest absolute Gasteiger partial charge is 0.328 e. The fourth-order valence-corrected chi connectivity index (χ4v) is 3.71. The summed E-state index contributed by atoms with van der Waals surface area (Å²) >= 11 is 0. The second kappa shape index (κ2) is 6.36. The van der Waals surface area contributed by atoms with Crippen molar-refractivity contribution in [1.82, 2.24) is 14.7 Å². The summed E-state index contributed by atoms with van der Waals surface area (Å²) in [6.45, 7) is 3.53. The lowest BCUT2D eigenvalue weighted by atomic mass is 10.1. The zero-order chi connectivity index (χ0) is 20.2. The van der Waals surface area contributed by atoms with E-state index in [1.54, 1.807) is 11.9 Å². The minimum atomic E-state index is -0.715. The average Bonchev–Trinajstić information content (AvgIpc) is 3.18. The summed E-state index contributed by atoms with van der Waals surface area (Å²) in [6.07, 6.45) is 1.20. The molecule has 28 heavy (non-hydrogen) atoms. The van der Waals surface area contributed by atoms with Gasteiger partial charge in [-0.25, -0.2) is 9.79 Å². The van der Waals surface area contributed by atoms with E-state index in [4.69, 9.17) is 0 Å². The van der Waals surface area contributed by atoms with E-state index in [1.807, 2.05) is 49.2 Å². The number of rotatable bonds is 3. The van der Waals surface area contributed by atoms with Gasteiger partial charge in [-0.15, -0.1) is 0 Å². The monoisotopic (exact) mass is 383 g/mol. The van der Waals surface area contributed by atoms with Crippen LogP contribution in [0.15, 0.2) is 41.2 Å². The van der Waals surface area contributed by atoms with Gasteiger partial charge in [-0.05, 0) is 26.0 Å². The van der Waals surface area contributed by atoms with Gasteiger partial charge in [0.2, 0.25) is 5.96 Å². The highest BCUT2D eigenvalue weighted by atomic mass is 16.5. The number of likely N-dealkylation sites (N-methyl/N-ethyl adjacent to an activating group) is 1. The van der Waals surface area contributed by atoms with Crippen LogP contribution in [0.1, 0.15) is 12.5 Å². The number of allylic oxidation sites excluding steroid dienone is 1. The van der Waals surface area contributed by atoms with Crippen molar-refractivity contribution < 1.29 is 19.1 Å². The van der Waals surface area contributed by atoms with Gasteiger partial charge in [-0.1, -0.05) is 17.7 Å². The summed E-state index contributed by atoms with van der Waals surface area (Å²) in [5.74, 6) is -0.529. The molecule has 1 fully saturated rings. The Bertz CT molecular complexity index is 923. The summed E-state index contributed by atoms with van der Waals surface area (Å²) in [7, 11) is 2.80. The highest BCUT2D eigenvalue weighted by Gasteiger charge is 2.54.